The largest absolute Gasteiger partial charge is 0.314 e. The summed E-state index contributed by atoms with van der Waals surface area (Å²) in [4.78, 5) is 8.25. The Labute approximate surface area is 69.6 Å². The smallest absolute Gasteiger partial charge is 0.187 e. The Morgan fingerprint density at radius 3 is 2.64 bits per heavy atom. The molecule has 1 N–H and O–H groups in total. The Morgan fingerprint density at radius 2 is 2.09 bits per heavy atom. The lowest BCUT2D eigenvalue weighted by Crippen LogP contribution is -2.44. The highest BCUT2D eigenvalue weighted by atomic mass is 32.2. The molecule has 1 fully saturated rings. The lowest BCUT2D eigenvalue weighted by Gasteiger charge is -2.25. The fourth-order valence-corrected chi connectivity index (χ4v) is 1.78. The van der Waals surface area contributed by atoms with Gasteiger partial charge in [-0.2, -0.15) is 0 Å². The van der Waals surface area contributed by atoms with E-state index in [4.69, 9.17) is 0 Å². The highest BCUT2D eigenvalue weighted by molar-refractivity contribution is 7.99. The van der Waals surface area contributed by atoms with Crippen LogP contribution in [0.1, 0.15) is 0 Å². The minimum atomic E-state index is 0.678. The fraction of sp³-hybridized carbons (Fsp3) is 0.429. The van der Waals surface area contributed by atoms with Crippen molar-refractivity contribution < 1.29 is 0 Å². The maximum Gasteiger partial charge on any atom is 0.187 e. The molecule has 0 aromatic carbocycles. The molecule has 3 nitrogen and oxygen atoms in total. The van der Waals surface area contributed by atoms with Gasteiger partial charge < -0.3 is 5.32 Å². The summed E-state index contributed by atoms with van der Waals surface area (Å²) in [5.41, 5.74) is 0. The number of hydrogen-bond acceptors (Lipinski definition) is 4. The lowest BCUT2D eigenvalue weighted by molar-refractivity contribution is 0.542. The van der Waals surface area contributed by atoms with E-state index in [0.717, 1.165) is 18.2 Å². The molecule has 0 aliphatic carbocycles. The predicted octanol–water partition coefficient (Wildman–Crippen LogP) is 0.540. The van der Waals surface area contributed by atoms with Gasteiger partial charge in [0.1, 0.15) is 0 Å². The van der Waals surface area contributed by atoms with E-state index >= 15 is 0 Å². The molecule has 4 heteroatoms. The summed E-state index contributed by atoms with van der Waals surface area (Å²) in [5, 5.41) is 4.77. The number of aromatic nitrogens is 2. The first-order valence-corrected chi connectivity index (χ1v) is 4.47. The second-order valence-corrected chi connectivity index (χ2v) is 3.70. The quantitative estimate of drug-likeness (QED) is 0.652. The van der Waals surface area contributed by atoms with Crippen molar-refractivity contribution in [1.82, 2.24) is 15.3 Å². The van der Waals surface area contributed by atoms with E-state index in [9.17, 15) is 0 Å². The van der Waals surface area contributed by atoms with Crippen molar-refractivity contribution in [2.75, 3.05) is 13.1 Å². The lowest BCUT2D eigenvalue weighted by atomic mass is 10.3. The number of nitrogens with zero attached hydrogens (tertiary/aromatic N) is 2. The van der Waals surface area contributed by atoms with Crippen molar-refractivity contribution >= 4 is 11.8 Å². The minimum absolute atomic E-state index is 0.678. The third-order valence-corrected chi connectivity index (χ3v) is 2.65. The molecule has 0 saturated carbocycles. The van der Waals surface area contributed by atoms with Crippen molar-refractivity contribution in [2.45, 2.75) is 10.4 Å². The summed E-state index contributed by atoms with van der Waals surface area (Å²) in [6.45, 7) is 2.17. The number of nitrogens with one attached hydrogen (secondary N) is 1. The van der Waals surface area contributed by atoms with Gasteiger partial charge >= 0.3 is 0 Å². The monoisotopic (exact) mass is 167 g/mol. The van der Waals surface area contributed by atoms with Crippen LogP contribution in [-0.2, 0) is 0 Å². The van der Waals surface area contributed by atoms with Gasteiger partial charge in [-0.25, -0.2) is 9.97 Å². The van der Waals surface area contributed by atoms with Gasteiger partial charge in [-0.1, -0.05) is 11.8 Å². The van der Waals surface area contributed by atoms with Gasteiger partial charge in [0.05, 0.1) is 0 Å². The highest BCUT2D eigenvalue weighted by Crippen LogP contribution is 2.20. The van der Waals surface area contributed by atoms with Gasteiger partial charge in [-0.15, -0.1) is 0 Å². The average molecular weight is 167 g/mol. The predicted molar refractivity (Wildman–Crippen MR) is 44.5 cm³/mol. The number of thioether (sulfide) groups is 1. The van der Waals surface area contributed by atoms with Crippen LogP contribution < -0.4 is 5.32 Å². The standard InChI is InChI=1S/C7H9N3S/c1-2-9-7(10-3-1)11-6-4-8-5-6/h1-3,6,8H,4-5H2. The summed E-state index contributed by atoms with van der Waals surface area (Å²) in [7, 11) is 0. The maximum atomic E-state index is 4.12. The molecular formula is C7H9N3S. The van der Waals surface area contributed by atoms with Gasteiger partial charge in [0.15, 0.2) is 5.16 Å². The van der Waals surface area contributed by atoms with Crippen molar-refractivity contribution in [3.63, 3.8) is 0 Å². The van der Waals surface area contributed by atoms with E-state index in [2.05, 4.69) is 15.3 Å². The topological polar surface area (TPSA) is 37.8 Å². The fourth-order valence-electron chi connectivity index (χ4n) is 0.841. The molecule has 1 aromatic rings. The summed E-state index contributed by atoms with van der Waals surface area (Å²) in [6, 6.07) is 1.84. The van der Waals surface area contributed by atoms with E-state index in [1.807, 2.05) is 6.07 Å². The van der Waals surface area contributed by atoms with E-state index in [1.165, 1.54) is 0 Å². The molecule has 1 aliphatic heterocycles. The molecule has 1 aromatic heterocycles. The number of hydrogen-bond donors (Lipinski definition) is 1. The Hall–Kier alpha value is -0.610. The van der Waals surface area contributed by atoms with E-state index in [0.29, 0.717) is 5.25 Å². The van der Waals surface area contributed by atoms with Crippen LogP contribution in [0.25, 0.3) is 0 Å². The van der Waals surface area contributed by atoms with Gasteiger partial charge in [0.2, 0.25) is 0 Å². The molecule has 0 atom stereocenters. The van der Waals surface area contributed by atoms with Crippen molar-refractivity contribution in [2.24, 2.45) is 0 Å². The summed E-state index contributed by atoms with van der Waals surface area (Å²) in [5.74, 6) is 0. The SMILES string of the molecule is c1cnc(SC2CNC2)nc1. The van der Waals surface area contributed by atoms with Crippen LogP contribution in [0.2, 0.25) is 0 Å². The molecule has 2 heterocycles. The number of rotatable bonds is 2. The normalized spacial score (nSPS) is 17.8. The second kappa shape index (κ2) is 3.19. The van der Waals surface area contributed by atoms with Gasteiger partial charge in [-0.05, 0) is 6.07 Å². The van der Waals surface area contributed by atoms with Crippen LogP contribution in [0, 0.1) is 0 Å². The van der Waals surface area contributed by atoms with Crippen LogP contribution >= 0.6 is 11.8 Å². The molecule has 0 bridgehead atoms. The molecule has 2 rings (SSSR count). The summed E-state index contributed by atoms with van der Waals surface area (Å²) >= 11 is 1.75. The van der Waals surface area contributed by atoms with E-state index in [1.54, 1.807) is 24.2 Å². The molecule has 0 spiro atoms. The third kappa shape index (κ3) is 1.70. The van der Waals surface area contributed by atoms with Crippen LogP contribution in [0.4, 0.5) is 0 Å². The summed E-state index contributed by atoms with van der Waals surface area (Å²) in [6.07, 6.45) is 3.56. The zero-order valence-electron chi connectivity index (χ0n) is 6.03. The summed E-state index contributed by atoms with van der Waals surface area (Å²) < 4.78 is 0. The first-order chi connectivity index (χ1) is 5.45. The third-order valence-electron chi connectivity index (χ3n) is 1.56. The van der Waals surface area contributed by atoms with Crippen LogP contribution in [0.3, 0.4) is 0 Å². The molecule has 0 radical (unpaired) electrons. The molecule has 1 aliphatic rings. The Kier molecular flexibility index (Phi) is 2.05. The zero-order chi connectivity index (χ0) is 7.52. The minimum Gasteiger partial charge on any atom is -0.314 e. The van der Waals surface area contributed by atoms with Crippen molar-refractivity contribution in [3.05, 3.63) is 18.5 Å². The molecule has 0 amide bonds. The van der Waals surface area contributed by atoms with Gasteiger partial charge in [0.25, 0.3) is 0 Å². The van der Waals surface area contributed by atoms with Crippen molar-refractivity contribution in [3.8, 4) is 0 Å². The molecule has 58 valence electrons. The Morgan fingerprint density at radius 1 is 1.36 bits per heavy atom. The van der Waals surface area contributed by atoms with Crippen LogP contribution in [0.15, 0.2) is 23.6 Å². The Balaban J connectivity index is 1.95. The second-order valence-electron chi connectivity index (χ2n) is 2.43. The first-order valence-electron chi connectivity index (χ1n) is 3.59. The maximum absolute atomic E-state index is 4.12. The first kappa shape index (κ1) is 7.06. The van der Waals surface area contributed by atoms with Crippen LogP contribution in [-0.4, -0.2) is 28.3 Å². The molecule has 11 heavy (non-hydrogen) atoms. The molecular weight excluding hydrogens is 158 g/mol. The molecule has 0 unspecified atom stereocenters. The average Bonchev–Trinajstić information content (AvgIpc) is 1.99. The van der Waals surface area contributed by atoms with Crippen LogP contribution in [0.5, 0.6) is 0 Å². The highest BCUT2D eigenvalue weighted by Gasteiger charge is 2.18. The molecule has 1 saturated heterocycles. The van der Waals surface area contributed by atoms with E-state index < -0.39 is 0 Å². The van der Waals surface area contributed by atoms with Gasteiger partial charge in [0, 0.05) is 30.7 Å². The zero-order valence-corrected chi connectivity index (χ0v) is 6.84. The van der Waals surface area contributed by atoms with Gasteiger partial charge in [-0.3, -0.25) is 0 Å². The Bertz CT molecular complexity index is 222. The van der Waals surface area contributed by atoms with E-state index in [-0.39, 0.29) is 0 Å². The van der Waals surface area contributed by atoms with Crippen molar-refractivity contribution in [1.29, 1.82) is 0 Å².